The molecule has 0 atom stereocenters. The van der Waals surface area contributed by atoms with Gasteiger partial charge in [-0.3, -0.25) is 4.79 Å². The number of halogens is 1. The molecular weight excluding hydrogens is 359 g/mol. The zero-order valence-corrected chi connectivity index (χ0v) is 16.1. The Labute approximate surface area is 163 Å². The van der Waals surface area contributed by atoms with Gasteiger partial charge in [0.2, 0.25) is 5.91 Å². The molecule has 0 aliphatic rings. The molecule has 0 spiro atoms. The lowest BCUT2D eigenvalue weighted by molar-refractivity contribution is -0.116. The second-order valence-corrected chi connectivity index (χ2v) is 6.76. The fourth-order valence-electron chi connectivity index (χ4n) is 2.72. The topological polar surface area (TPSA) is 69.0 Å². The molecule has 0 aliphatic carbocycles. The van der Waals surface area contributed by atoms with Crippen molar-refractivity contribution in [3.05, 3.63) is 54.3 Å². The van der Waals surface area contributed by atoms with Gasteiger partial charge in [-0.1, -0.05) is 13.8 Å². The monoisotopic (exact) mass is 382 g/mol. The molecule has 28 heavy (non-hydrogen) atoms. The van der Waals surface area contributed by atoms with Crippen molar-refractivity contribution < 1.29 is 13.9 Å². The minimum absolute atomic E-state index is 0.0193. The number of carbonyl (C=O) groups excluding carboxylic acids is 1. The van der Waals surface area contributed by atoms with Gasteiger partial charge in [-0.25, -0.2) is 9.07 Å². The van der Waals surface area contributed by atoms with Crippen LogP contribution in [0.5, 0.6) is 6.01 Å². The number of hydrogen-bond donors (Lipinski definition) is 1. The quantitative estimate of drug-likeness (QED) is 0.655. The third kappa shape index (κ3) is 4.73. The van der Waals surface area contributed by atoms with Gasteiger partial charge < -0.3 is 10.1 Å². The van der Waals surface area contributed by atoms with Crippen LogP contribution in [0.25, 0.3) is 17.1 Å². The van der Waals surface area contributed by atoms with Gasteiger partial charge in [0.15, 0.2) is 5.82 Å². The first-order chi connectivity index (χ1) is 13.5. The van der Waals surface area contributed by atoms with Crippen molar-refractivity contribution in [2.24, 2.45) is 5.92 Å². The summed E-state index contributed by atoms with van der Waals surface area (Å²) in [4.78, 5) is 16.4. The molecule has 0 saturated carbocycles. The van der Waals surface area contributed by atoms with Gasteiger partial charge in [0, 0.05) is 17.7 Å². The molecule has 1 heterocycles. The number of rotatable bonds is 7. The molecule has 146 valence electrons. The Bertz CT molecular complexity index is 934. The molecule has 2 aromatic carbocycles. The van der Waals surface area contributed by atoms with E-state index in [9.17, 15) is 9.18 Å². The van der Waals surface area contributed by atoms with Crippen molar-refractivity contribution in [3.63, 3.8) is 0 Å². The normalized spacial score (nSPS) is 10.9. The summed E-state index contributed by atoms with van der Waals surface area (Å²) in [7, 11) is 0. The maximum Gasteiger partial charge on any atom is 0.336 e. The summed E-state index contributed by atoms with van der Waals surface area (Å²) in [5.41, 5.74) is 2.18. The zero-order valence-electron chi connectivity index (χ0n) is 16.1. The van der Waals surface area contributed by atoms with Crippen LogP contribution in [0.4, 0.5) is 10.1 Å². The van der Waals surface area contributed by atoms with Crippen LogP contribution in [-0.2, 0) is 4.79 Å². The van der Waals surface area contributed by atoms with Gasteiger partial charge in [-0.05, 0) is 61.4 Å². The van der Waals surface area contributed by atoms with E-state index < -0.39 is 0 Å². The van der Waals surface area contributed by atoms with Gasteiger partial charge in [-0.15, -0.1) is 5.10 Å². The summed E-state index contributed by atoms with van der Waals surface area (Å²) in [6.07, 6.45) is 0.470. The van der Waals surface area contributed by atoms with E-state index in [2.05, 4.69) is 15.4 Å². The lowest BCUT2D eigenvalue weighted by atomic mass is 10.1. The maximum atomic E-state index is 13.3. The van der Waals surface area contributed by atoms with E-state index in [4.69, 9.17) is 4.74 Å². The second-order valence-electron chi connectivity index (χ2n) is 6.76. The van der Waals surface area contributed by atoms with E-state index >= 15 is 0 Å². The molecule has 0 aliphatic heterocycles. The molecule has 0 unspecified atom stereocenters. The Kier molecular flexibility index (Phi) is 6.03. The average Bonchev–Trinajstić information content (AvgIpc) is 3.06. The van der Waals surface area contributed by atoms with Gasteiger partial charge in [0.05, 0.1) is 12.3 Å². The predicted octanol–water partition coefficient (Wildman–Crippen LogP) is 4.46. The number of amides is 1. The number of aromatic nitrogens is 3. The van der Waals surface area contributed by atoms with Crippen molar-refractivity contribution in [1.82, 2.24) is 14.8 Å². The lowest BCUT2D eigenvalue weighted by Gasteiger charge is -2.09. The molecule has 7 heteroatoms. The Balaban J connectivity index is 1.89. The highest BCUT2D eigenvalue weighted by atomic mass is 19.1. The van der Waals surface area contributed by atoms with Crippen LogP contribution in [0, 0.1) is 11.7 Å². The maximum absolute atomic E-state index is 13.3. The van der Waals surface area contributed by atoms with Crippen LogP contribution in [-0.4, -0.2) is 27.3 Å². The summed E-state index contributed by atoms with van der Waals surface area (Å²) in [6, 6.07) is 13.6. The summed E-state index contributed by atoms with van der Waals surface area (Å²) in [5, 5.41) is 7.28. The fraction of sp³-hybridized carbons (Fsp3) is 0.286. The average molecular weight is 382 g/mol. The van der Waals surface area contributed by atoms with Gasteiger partial charge in [0.1, 0.15) is 5.82 Å². The second kappa shape index (κ2) is 8.65. The van der Waals surface area contributed by atoms with Crippen LogP contribution in [0.1, 0.15) is 27.2 Å². The zero-order chi connectivity index (χ0) is 20.1. The molecule has 3 rings (SSSR count). The van der Waals surface area contributed by atoms with Gasteiger partial charge in [0.25, 0.3) is 0 Å². The molecular formula is C21H23FN4O2. The van der Waals surface area contributed by atoms with Crippen molar-refractivity contribution in [1.29, 1.82) is 0 Å². The van der Waals surface area contributed by atoms with Crippen LogP contribution in [0.2, 0.25) is 0 Å². The number of benzene rings is 2. The molecule has 0 saturated heterocycles. The lowest BCUT2D eigenvalue weighted by Crippen LogP contribution is -2.13. The van der Waals surface area contributed by atoms with E-state index in [1.807, 2.05) is 45.0 Å². The highest BCUT2D eigenvalue weighted by Crippen LogP contribution is 2.24. The van der Waals surface area contributed by atoms with E-state index in [0.29, 0.717) is 36.0 Å². The van der Waals surface area contributed by atoms with Crippen molar-refractivity contribution in [2.45, 2.75) is 27.2 Å². The first-order valence-electron chi connectivity index (χ1n) is 9.22. The molecule has 0 bridgehead atoms. The van der Waals surface area contributed by atoms with E-state index in [0.717, 1.165) is 5.69 Å². The number of hydrogen-bond acceptors (Lipinski definition) is 4. The van der Waals surface area contributed by atoms with Crippen LogP contribution < -0.4 is 10.1 Å². The van der Waals surface area contributed by atoms with E-state index in [1.165, 1.54) is 12.1 Å². The smallest absolute Gasteiger partial charge is 0.336 e. The highest BCUT2D eigenvalue weighted by molar-refractivity contribution is 5.90. The number of nitrogens with zero attached hydrogens (tertiary/aromatic N) is 3. The predicted molar refractivity (Wildman–Crippen MR) is 106 cm³/mol. The molecule has 3 aromatic rings. The molecule has 1 N–H and O–H groups in total. The standard InChI is InChI=1S/C21H23FN4O2/c1-4-28-21-24-20(15-5-7-16(22)8-6-15)26(25-21)18-11-9-17(10-12-18)23-19(27)13-14(2)3/h5-12,14H,4,13H2,1-3H3,(H,23,27). The fourth-order valence-corrected chi connectivity index (χ4v) is 2.72. The Morgan fingerprint density at radius 2 is 1.82 bits per heavy atom. The van der Waals surface area contributed by atoms with Crippen molar-refractivity contribution in [3.8, 4) is 23.1 Å². The first kappa shape index (κ1) is 19.5. The van der Waals surface area contributed by atoms with Crippen molar-refractivity contribution >= 4 is 11.6 Å². The molecule has 0 fully saturated rings. The minimum Gasteiger partial charge on any atom is -0.463 e. The summed E-state index contributed by atoms with van der Waals surface area (Å²) in [6.45, 7) is 6.29. The Morgan fingerprint density at radius 1 is 1.14 bits per heavy atom. The number of ether oxygens (including phenoxy) is 1. The highest BCUT2D eigenvalue weighted by Gasteiger charge is 2.15. The van der Waals surface area contributed by atoms with Crippen molar-refractivity contribution in [2.75, 3.05) is 11.9 Å². The van der Waals surface area contributed by atoms with Gasteiger partial charge in [-0.2, -0.15) is 4.98 Å². The summed E-state index contributed by atoms with van der Waals surface area (Å²) < 4.78 is 20.3. The number of nitrogens with one attached hydrogen (secondary N) is 1. The van der Waals surface area contributed by atoms with Crippen LogP contribution in [0.3, 0.4) is 0 Å². The largest absolute Gasteiger partial charge is 0.463 e. The third-order valence-corrected chi connectivity index (χ3v) is 3.95. The molecule has 6 nitrogen and oxygen atoms in total. The number of carbonyl (C=O) groups is 1. The van der Waals surface area contributed by atoms with E-state index in [-0.39, 0.29) is 17.7 Å². The van der Waals surface area contributed by atoms with Crippen LogP contribution >= 0.6 is 0 Å². The molecule has 1 aromatic heterocycles. The minimum atomic E-state index is -0.318. The number of anilines is 1. The Morgan fingerprint density at radius 3 is 2.43 bits per heavy atom. The third-order valence-electron chi connectivity index (χ3n) is 3.95. The summed E-state index contributed by atoms with van der Waals surface area (Å²) >= 11 is 0. The molecule has 1 amide bonds. The Hall–Kier alpha value is -3.22. The van der Waals surface area contributed by atoms with Gasteiger partial charge >= 0.3 is 6.01 Å². The van der Waals surface area contributed by atoms with Crippen LogP contribution in [0.15, 0.2) is 48.5 Å². The molecule has 0 radical (unpaired) electrons. The van der Waals surface area contributed by atoms with E-state index in [1.54, 1.807) is 16.8 Å². The SMILES string of the molecule is CCOc1nc(-c2ccc(F)cc2)n(-c2ccc(NC(=O)CC(C)C)cc2)n1. The first-order valence-corrected chi connectivity index (χ1v) is 9.22. The summed E-state index contributed by atoms with van der Waals surface area (Å²) in [5.74, 6) is 0.500.